The first-order chi connectivity index (χ1) is 14.5. The van der Waals surface area contributed by atoms with Crippen LogP contribution in [-0.4, -0.2) is 43.5 Å². The van der Waals surface area contributed by atoms with Crippen molar-refractivity contribution in [3.8, 4) is 5.75 Å². The van der Waals surface area contributed by atoms with Crippen LogP contribution in [-0.2, 0) is 6.54 Å². The van der Waals surface area contributed by atoms with Crippen LogP contribution in [0.4, 0.5) is 0 Å². The molecule has 0 aromatic heterocycles. The van der Waals surface area contributed by atoms with E-state index >= 15 is 0 Å². The van der Waals surface area contributed by atoms with E-state index in [0.29, 0.717) is 11.6 Å². The second-order valence-electron chi connectivity index (χ2n) is 7.62. The minimum absolute atomic E-state index is 0.00935. The van der Waals surface area contributed by atoms with Crippen molar-refractivity contribution in [1.82, 2.24) is 10.2 Å². The molecule has 1 unspecified atom stereocenters. The van der Waals surface area contributed by atoms with Crippen molar-refractivity contribution in [3.05, 3.63) is 71.3 Å². The second-order valence-corrected chi connectivity index (χ2v) is 7.62. The van der Waals surface area contributed by atoms with Crippen molar-refractivity contribution >= 4 is 11.9 Å². The van der Waals surface area contributed by atoms with Gasteiger partial charge >= 0.3 is 0 Å². The summed E-state index contributed by atoms with van der Waals surface area (Å²) in [7, 11) is 1.64. The standard InChI is InChI=1S/C26H36N2O2/c1-5-28(6-2)19-7-8-21(3)27-20-23-9-14-24(15-10-23)26(29)18-13-22-11-16-25(30-4)17-12-22/h9-18,21,27H,5-8,19-20H2,1-4H3. The minimum Gasteiger partial charge on any atom is -0.497 e. The Kier molecular flexibility index (Phi) is 10.3. The first kappa shape index (κ1) is 23.8. The fraction of sp³-hybridized carbons (Fsp3) is 0.423. The first-order valence-corrected chi connectivity index (χ1v) is 11.0. The maximum atomic E-state index is 12.4. The molecule has 0 fully saturated rings. The fourth-order valence-corrected chi connectivity index (χ4v) is 3.33. The number of allylic oxidation sites excluding steroid dienone is 1. The highest BCUT2D eigenvalue weighted by molar-refractivity contribution is 6.06. The van der Waals surface area contributed by atoms with E-state index in [0.717, 1.165) is 30.9 Å². The molecular formula is C26H36N2O2. The van der Waals surface area contributed by atoms with Crippen LogP contribution in [0.25, 0.3) is 6.08 Å². The molecule has 1 N–H and O–H groups in total. The van der Waals surface area contributed by atoms with Gasteiger partial charge in [0.1, 0.15) is 5.75 Å². The molecule has 0 aliphatic rings. The molecule has 0 aliphatic carbocycles. The number of methoxy groups -OCH3 is 1. The molecule has 2 aromatic carbocycles. The van der Waals surface area contributed by atoms with E-state index in [4.69, 9.17) is 4.74 Å². The molecule has 4 nitrogen and oxygen atoms in total. The second kappa shape index (κ2) is 13.0. The van der Waals surface area contributed by atoms with Crippen LogP contribution in [0.1, 0.15) is 55.1 Å². The number of carbonyl (C=O) groups excluding carboxylic acids is 1. The van der Waals surface area contributed by atoms with Gasteiger partial charge in [0.25, 0.3) is 0 Å². The molecule has 2 aromatic rings. The number of ketones is 1. The SMILES string of the molecule is CCN(CC)CCCC(C)NCc1ccc(C(=O)C=Cc2ccc(OC)cc2)cc1. The van der Waals surface area contributed by atoms with E-state index in [9.17, 15) is 4.79 Å². The molecule has 162 valence electrons. The first-order valence-electron chi connectivity index (χ1n) is 11.0. The van der Waals surface area contributed by atoms with Crippen molar-refractivity contribution in [3.63, 3.8) is 0 Å². The zero-order valence-corrected chi connectivity index (χ0v) is 18.9. The van der Waals surface area contributed by atoms with Crippen molar-refractivity contribution in [1.29, 1.82) is 0 Å². The monoisotopic (exact) mass is 408 g/mol. The van der Waals surface area contributed by atoms with Gasteiger partial charge in [0.15, 0.2) is 5.78 Å². The van der Waals surface area contributed by atoms with E-state index in [-0.39, 0.29) is 5.78 Å². The Labute approximate surface area is 181 Å². The quantitative estimate of drug-likeness (QED) is 0.366. The lowest BCUT2D eigenvalue weighted by Crippen LogP contribution is -2.28. The van der Waals surface area contributed by atoms with Gasteiger partial charge in [0.05, 0.1) is 7.11 Å². The third-order valence-electron chi connectivity index (χ3n) is 5.44. The van der Waals surface area contributed by atoms with Crippen molar-refractivity contribution in [2.45, 2.75) is 46.2 Å². The van der Waals surface area contributed by atoms with E-state index in [1.165, 1.54) is 24.9 Å². The van der Waals surface area contributed by atoms with E-state index in [1.807, 2.05) is 54.6 Å². The number of carbonyl (C=O) groups is 1. The Morgan fingerprint density at radius 3 is 2.33 bits per heavy atom. The Hall–Kier alpha value is -2.43. The molecule has 0 radical (unpaired) electrons. The minimum atomic E-state index is 0.00935. The maximum Gasteiger partial charge on any atom is 0.185 e. The molecule has 0 spiro atoms. The van der Waals surface area contributed by atoms with Crippen LogP contribution in [0.5, 0.6) is 5.75 Å². The van der Waals surface area contributed by atoms with Gasteiger partial charge in [0, 0.05) is 18.2 Å². The summed E-state index contributed by atoms with van der Waals surface area (Å²) >= 11 is 0. The third kappa shape index (κ3) is 8.13. The number of rotatable bonds is 13. The average molecular weight is 409 g/mol. The smallest absolute Gasteiger partial charge is 0.185 e. The summed E-state index contributed by atoms with van der Waals surface area (Å²) in [5.74, 6) is 0.816. The van der Waals surface area contributed by atoms with Gasteiger partial charge < -0.3 is 15.0 Å². The Morgan fingerprint density at radius 1 is 1.07 bits per heavy atom. The lowest BCUT2D eigenvalue weighted by molar-refractivity contribution is 0.104. The zero-order valence-electron chi connectivity index (χ0n) is 18.9. The van der Waals surface area contributed by atoms with Crippen LogP contribution < -0.4 is 10.1 Å². The summed E-state index contributed by atoms with van der Waals surface area (Å²) in [6, 6.07) is 16.0. The van der Waals surface area contributed by atoms with Gasteiger partial charge in [-0.2, -0.15) is 0 Å². The Morgan fingerprint density at radius 2 is 1.73 bits per heavy atom. The van der Waals surface area contributed by atoms with Crippen LogP contribution in [0.15, 0.2) is 54.6 Å². The highest BCUT2D eigenvalue weighted by Gasteiger charge is 2.05. The van der Waals surface area contributed by atoms with Crippen LogP contribution in [0.3, 0.4) is 0 Å². The predicted molar refractivity (Wildman–Crippen MR) is 126 cm³/mol. The summed E-state index contributed by atoms with van der Waals surface area (Å²) < 4.78 is 5.15. The normalized spacial score (nSPS) is 12.4. The number of hydrogen-bond acceptors (Lipinski definition) is 4. The zero-order chi connectivity index (χ0) is 21.8. The molecule has 0 bridgehead atoms. The Bertz CT molecular complexity index is 778. The number of nitrogens with zero attached hydrogens (tertiary/aromatic N) is 1. The highest BCUT2D eigenvalue weighted by Crippen LogP contribution is 2.13. The molecule has 0 saturated carbocycles. The van der Waals surface area contributed by atoms with Gasteiger partial charge in [0.2, 0.25) is 0 Å². The number of ether oxygens (including phenoxy) is 1. The Balaban J connectivity index is 1.78. The van der Waals surface area contributed by atoms with Crippen LogP contribution in [0.2, 0.25) is 0 Å². The molecule has 30 heavy (non-hydrogen) atoms. The third-order valence-corrected chi connectivity index (χ3v) is 5.44. The number of benzene rings is 2. The van der Waals surface area contributed by atoms with E-state index < -0.39 is 0 Å². The largest absolute Gasteiger partial charge is 0.497 e. The molecule has 4 heteroatoms. The fourth-order valence-electron chi connectivity index (χ4n) is 3.33. The van der Waals surface area contributed by atoms with Crippen LogP contribution in [0, 0.1) is 0 Å². The predicted octanol–water partition coefficient (Wildman–Crippen LogP) is 5.19. The highest BCUT2D eigenvalue weighted by atomic mass is 16.5. The molecule has 2 rings (SSSR count). The summed E-state index contributed by atoms with van der Waals surface area (Å²) in [6.07, 6.45) is 5.83. The van der Waals surface area contributed by atoms with Crippen molar-refractivity contribution in [2.24, 2.45) is 0 Å². The van der Waals surface area contributed by atoms with E-state index in [2.05, 4.69) is 31.0 Å². The van der Waals surface area contributed by atoms with Crippen LogP contribution >= 0.6 is 0 Å². The molecule has 0 aliphatic heterocycles. The van der Waals surface area contributed by atoms with Gasteiger partial charge in [-0.3, -0.25) is 4.79 Å². The van der Waals surface area contributed by atoms with Crippen molar-refractivity contribution in [2.75, 3.05) is 26.7 Å². The molecule has 0 heterocycles. The van der Waals surface area contributed by atoms with Gasteiger partial charge in [-0.15, -0.1) is 0 Å². The average Bonchev–Trinajstić information content (AvgIpc) is 2.79. The summed E-state index contributed by atoms with van der Waals surface area (Å²) in [6.45, 7) is 10.9. The van der Waals surface area contributed by atoms with Gasteiger partial charge in [-0.25, -0.2) is 0 Å². The lowest BCUT2D eigenvalue weighted by atomic mass is 10.1. The topological polar surface area (TPSA) is 41.6 Å². The lowest BCUT2D eigenvalue weighted by Gasteiger charge is -2.19. The summed E-state index contributed by atoms with van der Waals surface area (Å²) in [5.41, 5.74) is 2.87. The van der Waals surface area contributed by atoms with Gasteiger partial charge in [-0.1, -0.05) is 56.3 Å². The number of hydrogen-bond donors (Lipinski definition) is 1. The van der Waals surface area contributed by atoms with E-state index in [1.54, 1.807) is 13.2 Å². The van der Waals surface area contributed by atoms with Crippen molar-refractivity contribution < 1.29 is 9.53 Å². The maximum absolute atomic E-state index is 12.4. The summed E-state index contributed by atoms with van der Waals surface area (Å²) in [5, 5.41) is 3.59. The number of nitrogens with one attached hydrogen (secondary N) is 1. The molecule has 1 atom stereocenters. The summed E-state index contributed by atoms with van der Waals surface area (Å²) in [4.78, 5) is 14.9. The van der Waals surface area contributed by atoms with Gasteiger partial charge in [-0.05, 0) is 68.7 Å². The molecule has 0 saturated heterocycles. The molecular weight excluding hydrogens is 372 g/mol. The molecule has 0 amide bonds.